The number of hydrogen-bond acceptors (Lipinski definition) is 1. The lowest BCUT2D eigenvalue weighted by molar-refractivity contribution is -0.113. The summed E-state index contributed by atoms with van der Waals surface area (Å²) in [5.41, 5.74) is 5.77. The second kappa shape index (κ2) is 3.66. The van der Waals surface area contributed by atoms with Crippen LogP contribution in [0.2, 0.25) is 0 Å². The summed E-state index contributed by atoms with van der Waals surface area (Å²) in [5.74, 6) is -0.387. The van der Waals surface area contributed by atoms with E-state index < -0.39 is 0 Å². The lowest BCUT2D eigenvalue weighted by atomic mass is 10.3. The molecule has 0 saturated heterocycles. The Morgan fingerprint density at radius 1 is 1.88 bits per heavy atom. The van der Waals surface area contributed by atoms with Crippen LogP contribution in [0.1, 0.15) is 6.92 Å². The lowest BCUT2D eigenvalue weighted by Crippen LogP contribution is -2.06. The second-order valence-corrected chi connectivity index (χ2v) is 2.09. The molecule has 0 rings (SSSR count). The van der Waals surface area contributed by atoms with E-state index in [1.54, 1.807) is 0 Å². The number of amides is 1. The van der Waals surface area contributed by atoms with Gasteiger partial charge in [0, 0.05) is 11.4 Å². The highest BCUT2D eigenvalue weighted by Crippen LogP contribution is 1.95. The third-order valence-corrected chi connectivity index (χ3v) is 1.48. The molecule has 8 heavy (non-hydrogen) atoms. The fraction of sp³-hybridized carbons (Fsp3) is 0.400. The molecule has 0 spiro atoms. The first kappa shape index (κ1) is 7.69. The van der Waals surface area contributed by atoms with Crippen LogP contribution in [0, 0.1) is 0 Å². The summed E-state index contributed by atoms with van der Waals surface area (Å²) in [6.45, 7) is 1.83. The smallest absolute Gasteiger partial charge is 0.241 e. The van der Waals surface area contributed by atoms with Gasteiger partial charge in [-0.25, -0.2) is 0 Å². The fourth-order valence-corrected chi connectivity index (χ4v) is 0.443. The minimum atomic E-state index is -0.387. The van der Waals surface area contributed by atoms with Crippen LogP contribution >= 0.6 is 15.9 Å². The van der Waals surface area contributed by atoms with E-state index in [0.29, 0.717) is 5.33 Å². The van der Waals surface area contributed by atoms with Gasteiger partial charge in [0.2, 0.25) is 5.91 Å². The Morgan fingerprint density at radius 2 is 2.38 bits per heavy atom. The molecule has 0 fully saturated rings. The zero-order chi connectivity index (χ0) is 6.57. The van der Waals surface area contributed by atoms with Crippen molar-refractivity contribution in [2.45, 2.75) is 6.92 Å². The van der Waals surface area contributed by atoms with E-state index in [9.17, 15) is 4.79 Å². The Morgan fingerprint density at radius 3 is 2.50 bits per heavy atom. The van der Waals surface area contributed by atoms with Crippen molar-refractivity contribution in [1.29, 1.82) is 0 Å². The molecule has 0 aromatic rings. The Hall–Kier alpha value is -0.310. The summed E-state index contributed by atoms with van der Waals surface area (Å²) < 4.78 is 0. The van der Waals surface area contributed by atoms with Crippen molar-refractivity contribution >= 4 is 21.8 Å². The summed E-state index contributed by atoms with van der Waals surface area (Å²) in [6, 6.07) is 0. The van der Waals surface area contributed by atoms with Crippen LogP contribution < -0.4 is 5.73 Å². The predicted molar refractivity (Wildman–Crippen MR) is 36.7 cm³/mol. The van der Waals surface area contributed by atoms with Crippen molar-refractivity contribution in [2.75, 3.05) is 5.33 Å². The van der Waals surface area contributed by atoms with E-state index in [0.717, 1.165) is 5.57 Å². The maximum Gasteiger partial charge on any atom is 0.241 e. The molecule has 0 aromatic heterocycles. The van der Waals surface area contributed by atoms with Crippen molar-refractivity contribution in [3.8, 4) is 0 Å². The SMILES string of the molecule is C/C(=C/C(N)=O)CBr. The molecule has 2 N–H and O–H groups in total. The first-order chi connectivity index (χ1) is 3.66. The number of rotatable bonds is 2. The van der Waals surface area contributed by atoms with Crippen molar-refractivity contribution in [1.82, 2.24) is 0 Å². The molecule has 2 nitrogen and oxygen atoms in total. The molecule has 0 atom stereocenters. The van der Waals surface area contributed by atoms with Gasteiger partial charge in [0.25, 0.3) is 0 Å². The fourth-order valence-electron chi connectivity index (χ4n) is 0.281. The summed E-state index contributed by atoms with van der Waals surface area (Å²) >= 11 is 3.17. The molecule has 46 valence electrons. The second-order valence-electron chi connectivity index (χ2n) is 1.53. The number of primary amides is 1. The first-order valence-corrected chi connectivity index (χ1v) is 3.31. The Bertz CT molecular complexity index is 120. The third kappa shape index (κ3) is 3.87. The highest BCUT2D eigenvalue weighted by Gasteiger charge is 1.86. The van der Waals surface area contributed by atoms with Crippen LogP contribution in [0.15, 0.2) is 11.6 Å². The molecule has 0 bridgehead atoms. The lowest BCUT2D eigenvalue weighted by Gasteiger charge is -1.87. The number of nitrogens with two attached hydrogens (primary N) is 1. The molecule has 0 aliphatic heterocycles. The van der Waals surface area contributed by atoms with Gasteiger partial charge in [-0.1, -0.05) is 21.5 Å². The van der Waals surface area contributed by atoms with E-state index >= 15 is 0 Å². The number of halogens is 1. The number of alkyl halides is 1. The van der Waals surface area contributed by atoms with Gasteiger partial charge in [0.05, 0.1) is 0 Å². The summed E-state index contributed by atoms with van der Waals surface area (Å²) in [5, 5.41) is 0.704. The quantitative estimate of drug-likeness (QED) is 0.493. The number of carbonyl (C=O) groups excluding carboxylic acids is 1. The van der Waals surface area contributed by atoms with Crippen LogP contribution in [-0.2, 0) is 4.79 Å². The largest absolute Gasteiger partial charge is 0.366 e. The molecule has 0 heterocycles. The van der Waals surface area contributed by atoms with Crippen LogP contribution in [0.5, 0.6) is 0 Å². The summed E-state index contributed by atoms with van der Waals surface area (Å²) in [7, 11) is 0. The van der Waals surface area contributed by atoms with Crippen LogP contribution in [0.4, 0.5) is 0 Å². The molecule has 0 aromatic carbocycles. The highest BCUT2D eigenvalue weighted by molar-refractivity contribution is 9.09. The molecule has 0 aliphatic rings. The van der Waals surface area contributed by atoms with Crippen LogP contribution in [-0.4, -0.2) is 11.2 Å². The average molecular weight is 178 g/mol. The minimum absolute atomic E-state index is 0.387. The van der Waals surface area contributed by atoms with E-state index in [1.165, 1.54) is 6.08 Å². The van der Waals surface area contributed by atoms with Gasteiger partial charge in [-0.05, 0) is 6.92 Å². The number of allylic oxidation sites excluding steroid dienone is 1. The number of hydrogen-bond donors (Lipinski definition) is 1. The van der Waals surface area contributed by atoms with Crippen molar-refractivity contribution in [3.63, 3.8) is 0 Å². The Balaban J connectivity index is 3.75. The summed E-state index contributed by atoms with van der Waals surface area (Å²) in [6.07, 6.45) is 1.40. The molecule has 0 aliphatic carbocycles. The average Bonchev–Trinajstić information content (AvgIpc) is 1.65. The molecule has 0 radical (unpaired) electrons. The van der Waals surface area contributed by atoms with Gasteiger partial charge in [0.15, 0.2) is 0 Å². The minimum Gasteiger partial charge on any atom is -0.366 e. The van der Waals surface area contributed by atoms with Gasteiger partial charge < -0.3 is 5.73 Å². The monoisotopic (exact) mass is 177 g/mol. The topological polar surface area (TPSA) is 43.1 Å². The van der Waals surface area contributed by atoms with Gasteiger partial charge in [-0.15, -0.1) is 0 Å². The Kier molecular flexibility index (Phi) is 3.52. The van der Waals surface area contributed by atoms with E-state index in [-0.39, 0.29) is 5.91 Å². The van der Waals surface area contributed by atoms with Crippen LogP contribution in [0.3, 0.4) is 0 Å². The molecular weight excluding hydrogens is 170 g/mol. The molecule has 0 unspecified atom stereocenters. The van der Waals surface area contributed by atoms with Gasteiger partial charge in [-0.2, -0.15) is 0 Å². The van der Waals surface area contributed by atoms with Gasteiger partial charge >= 0.3 is 0 Å². The summed E-state index contributed by atoms with van der Waals surface area (Å²) in [4.78, 5) is 10.1. The zero-order valence-electron chi connectivity index (χ0n) is 4.65. The molecular formula is C5H8BrNO. The van der Waals surface area contributed by atoms with E-state index in [4.69, 9.17) is 5.73 Å². The molecule has 3 heteroatoms. The predicted octanol–water partition coefficient (Wildman–Crippen LogP) is 0.813. The molecule has 1 amide bonds. The Labute approximate surface area is 56.9 Å². The first-order valence-electron chi connectivity index (χ1n) is 2.19. The van der Waals surface area contributed by atoms with E-state index in [2.05, 4.69) is 15.9 Å². The normalized spacial score (nSPS) is 11.5. The van der Waals surface area contributed by atoms with E-state index in [1.807, 2.05) is 6.92 Å². The third-order valence-electron chi connectivity index (χ3n) is 0.599. The molecule has 0 saturated carbocycles. The number of carbonyl (C=O) groups is 1. The van der Waals surface area contributed by atoms with Crippen LogP contribution in [0.25, 0.3) is 0 Å². The van der Waals surface area contributed by atoms with Crippen molar-refractivity contribution in [3.05, 3.63) is 11.6 Å². The van der Waals surface area contributed by atoms with Gasteiger partial charge in [0.1, 0.15) is 0 Å². The maximum atomic E-state index is 10.1. The maximum absolute atomic E-state index is 10.1. The standard InChI is InChI=1S/C5H8BrNO/c1-4(3-6)2-5(7)8/h2H,3H2,1H3,(H2,7,8)/b4-2-. The van der Waals surface area contributed by atoms with Crippen molar-refractivity contribution < 1.29 is 4.79 Å². The highest BCUT2D eigenvalue weighted by atomic mass is 79.9. The zero-order valence-corrected chi connectivity index (χ0v) is 6.23. The van der Waals surface area contributed by atoms with Gasteiger partial charge in [-0.3, -0.25) is 4.79 Å². The van der Waals surface area contributed by atoms with Crippen molar-refractivity contribution in [2.24, 2.45) is 5.73 Å².